The highest BCUT2D eigenvalue weighted by atomic mass is 32.2. The molecule has 3 rings (SSSR count). The third-order valence-corrected chi connectivity index (χ3v) is 7.44. The van der Waals surface area contributed by atoms with Crippen molar-refractivity contribution in [3.63, 3.8) is 0 Å². The van der Waals surface area contributed by atoms with Crippen molar-refractivity contribution in [2.24, 2.45) is 5.92 Å². The van der Waals surface area contributed by atoms with E-state index in [1.54, 1.807) is 18.0 Å². The van der Waals surface area contributed by atoms with Crippen molar-refractivity contribution >= 4 is 27.7 Å². The summed E-state index contributed by atoms with van der Waals surface area (Å²) in [6.07, 6.45) is 2.90. The van der Waals surface area contributed by atoms with E-state index in [1.165, 1.54) is 16.4 Å². The summed E-state index contributed by atoms with van der Waals surface area (Å²) in [6.45, 7) is 1.03. The average molecular weight is 427 g/mol. The molecule has 0 spiro atoms. The molecular weight excluding hydrogens is 403 g/mol. The minimum Gasteiger partial charge on any atom is -0.468 e. The summed E-state index contributed by atoms with van der Waals surface area (Å²) in [5.74, 6) is 1.40. The number of amides is 1. The SMILES string of the molecule is O=C(NCCSCc1ccco1)[C@H]1CCCN(S(=O)(=O)c2ccc(F)cc2)C1. The molecule has 1 aromatic carbocycles. The molecule has 28 heavy (non-hydrogen) atoms. The molecule has 152 valence electrons. The zero-order chi connectivity index (χ0) is 20.0. The number of benzene rings is 1. The van der Waals surface area contributed by atoms with Crippen molar-refractivity contribution in [1.82, 2.24) is 9.62 Å². The Kier molecular flexibility index (Phi) is 7.14. The van der Waals surface area contributed by atoms with Crippen LogP contribution < -0.4 is 5.32 Å². The van der Waals surface area contributed by atoms with Gasteiger partial charge in [-0.05, 0) is 49.2 Å². The van der Waals surface area contributed by atoms with Crippen molar-refractivity contribution in [2.75, 3.05) is 25.4 Å². The standard InChI is InChI=1S/C19H23FN2O4S2/c20-16-5-7-18(8-6-16)28(24,25)22-10-1-3-15(13-22)19(23)21-9-12-27-14-17-4-2-11-26-17/h2,4-8,11,15H,1,3,9-10,12-14H2,(H,21,23)/t15-/m0/s1. The lowest BCUT2D eigenvalue weighted by molar-refractivity contribution is -0.125. The van der Waals surface area contributed by atoms with Gasteiger partial charge in [0.25, 0.3) is 0 Å². The summed E-state index contributed by atoms with van der Waals surface area (Å²) in [6, 6.07) is 8.51. The monoisotopic (exact) mass is 426 g/mol. The van der Waals surface area contributed by atoms with E-state index < -0.39 is 15.8 Å². The Morgan fingerprint density at radius 1 is 1.29 bits per heavy atom. The molecule has 1 amide bonds. The molecule has 1 aliphatic heterocycles. The van der Waals surface area contributed by atoms with Crippen LogP contribution >= 0.6 is 11.8 Å². The van der Waals surface area contributed by atoms with Crippen molar-refractivity contribution in [3.8, 4) is 0 Å². The van der Waals surface area contributed by atoms with Crippen molar-refractivity contribution < 1.29 is 22.0 Å². The number of piperidine rings is 1. The molecule has 2 aromatic rings. The number of hydrogen-bond donors (Lipinski definition) is 1. The Bertz CT molecular complexity index is 870. The first-order valence-corrected chi connectivity index (χ1v) is 11.7. The van der Waals surface area contributed by atoms with Gasteiger partial charge in [-0.2, -0.15) is 16.1 Å². The molecule has 0 saturated carbocycles. The lowest BCUT2D eigenvalue weighted by atomic mass is 9.99. The molecule has 1 aliphatic rings. The normalized spacial score (nSPS) is 18.1. The molecule has 0 radical (unpaired) electrons. The second kappa shape index (κ2) is 9.58. The maximum absolute atomic E-state index is 13.1. The Morgan fingerprint density at radius 2 is 2.07 bits per heavy atom. The van der Waals surface area contributed by atoms with E-state index in [9.17, 15) is 17.6 Å². The maximum Gasteiger partial charge on any atom is 0.243 e. The zero-order valence-electron chi connectivity index (χ0n) is 15.3. The Labute approximate surface area is 168 Å². The van der Waals surface area contributed by atoms with Crippen LogP contribution in [-0.2, 0) is 20.6 Å². The zero-order valence-corrected chi connectivity index (χ0v) is 17.0. The van der Waals surface area contributed by atoms with Crippen molar-refractivity contribution in [2.45, 2.75) is 23.5 Å². The maximum atomic E-state index is 13.1. The summed E-state index contributed by atoms with van der Waals surface area (Å²) < 4.78 is 45.1. The number of halogens is 1. The first-order chi connectivity index (χ1) is 13.5. The van der Waals surface area contributed by atoms with E-state index in [1.807, 2.05) is 12.1 Å². The van der Waals surface area contributed by atoms with E-state index >= 15 is 0 Å². The fourth-order valence-electron chi connectivity index (χ4n) is 3.09. The van der Waals surface area contributed by atoms with Crippen LogP contribution in [0, 0.1) is 11.7 Å². The van der Waals surface area contributed by atoms with Gasteiger partial charge in [0, 0.05) is 25.4 Å². The van der Waals surface area contributed by atoms with E-state index in [2.05, 4.69) is 5.32 Å². The Balaban J connectivity index is 1.48. The van der Waals surface area contributed by atoms with Gasteiger partial charge in [-0.15, -0.1) is 0 Å². The fourth-order valence-corrected chi connectivity index (χ4v) is 5.37. The number of nitrogens with zero attached hydrogens (tertiary/aromatic N) is 1. The molecule has 1 saturated heterocycles. The molecule has 0 unspecified atom stereocenters. The number of furan rings is 1. The lowest BCUT2D eigenvalue weighted by Crippen LogP contribution is -2.45. The van der Waals surface area contributed by atoms with Gasteiger partial charge in [-0.3, -0.25) is 4.79 Å². The molecule has 1 aromatic heterocycles. The molecule has 1 N–H and O–H groups in total. The minimum absolute atomic E-state index is 0.0456. The number of thioether (sulfide) groups is 1. The van der Waals surface area contributed by atoms with Crippen LogP contribution in [0.1, 0.15) is 18.6 Å². The van der Waals surface area contributed by atoms with E-state index in [0.717, 1.165) is 29.4 Å². The van der Waals surface area contributed by atoms with Gasteiger partial charge in [0.05, 0.1) is 22.8 Å². The summed E-state index contributed by atoms with van der Waals surface area (Å²) in [5.41, 5.74) is 0. The van der Waals surface area contributed by atoms with Gasteiger partial charge in [0.15, 0.2) is 0 Å². The van der Waals surface area contributed by atoms with Crippen LogP contribution in [-0.4, -0.2) is 44.0 Å². The van der Waals surface area contributed by atoms with Crippen molar-refractivity contribution in [3.05, 3.63) is 54.2 Å². The van der Waals surface area contributed by atoms with E-state index in [4.69, 9.17) is 4.42 Å². The predicted molar refractivity (Wildman–Crippen MR) is 106 cm³/mol. The van der Waals surface area contributed by atoms with Crippen LogP contribution in [0.2, 0.25) is 0 Å². The average Bonchev–Trinajstić information content (AvgIpc) is 3.21. The number of rotatable bonds is 8. The summed E-state index contributed by atoms with van der Waals surface area (Å²) in [7, 11) is -3.73. The van der Waals surface area contributed by atoms with Gasteiger partial charge in [0.2, 0.25) is 15.9 Å². The second-order valence-corrected chi connectivity index (χ2v) is 9.62. The number of sulfonamides is 1. The Morgan fingerprint density at radius 3 is 2.79 bits per heavy atom. The lowest BCUT2D eigenvalue weighted by Gasteiger charge is -2.31. The third-order valence-electron chi connectivity index (χ3n) is 4.58. The van der Waals surface area contributed by atoms with Crippen LogP contribution in [0.25, 0.3) is 0 Å². The minimum atomic E-state index is -3.73. The molecular formula is C19H23FN2O4S2. The highest BCUT2D eigenvalue weighted by molar-refractivity contribution is 7.98. The van der Waals surface area contributed by atoms with Crippen LogP contribution in [0.15, 0.2) is 52.0 Å². The smallest absolute Gasteiger partial charge is 0.243 e. The van der Waals surface area contributed by atoms with Gasteiger partial charge >= 0.3 is 0 Å². The van der Waals surface area contributed by atoms with E-state index in [0.29, 0.717) is 25.9 Å². The van der Waals surface area contributed by atoms with Crippen LogP contribution in [0.4, 0.5) is 4.39 Å². The molecule has 1 atom stereocenters. The highest BCUT2D eigenvalue weighted by Crippen LogP contribution is 2.24. The second-order valence-electron chi connectivity index (χ2n) is 6.58. The first-order valence-electron chi connectivity index (χ1n) is 9.10. The molecule has 1 fully saturated rings. The predicted octanol–water partition coefficient (Wildman–Crippen LogP) is 2.87. The first kappa shape index (κ1) is 20.9. The number of carbonyl (C=O) groups excluding carboxylic acids is 1. The van der Waals surface area contributed by atoms with Gasteiger partial charge in [-0.25, -0.2) is 12.8 Å². The summed E-state index contributed by atoms with van der Waals surface area (Å²) in [5, 5.41) is 2.89. The molecule has 0 aliphatic carbocycles. The van der Waals surface area contributed by atoms with Crippen LogP contribution in [0.3, 0.4) is 0 Å². The summed E-state index contributed by atoms with van der Waals surface area (Å²) >= 11 is 1.66. The third kappa shape index (κ3) is 5.36. The molecule has 0 bridgehead atoms. The molecule has 9 heteroatoms. The Hall–Kier alpha value is -1.84. The summed E-state index contributed by atoms with van der Waals surface area (Å²) in [4.78, 5) is 12.5. The van der Waals surface area contributed by atoms with Gasteiger partial charge in [-0.1, -0.05) is 0 Å². The van der Waals surface area contributed by atoms with E-state index in [-0.39, 0.29) is 23.3 Å². The number of hydrogen-bond acceptors (Lipinski definition) is 5. The number of carbonyl (C=O) groups is 1. The molecule has 2 heterocycles. The molecule has 6 nitrogen and oxygen atoms in total. The quantitative estimate of drug-likeness (QED) is 0.657. The van der Waals surface area contributed by atoms with Crippen molar-refractivity contribution in [1.29, 1.82) is 0 Å². The number of nitrogens with one attached hydrogen (secondary N) is 1. The highest BCUT2D eigenvalue weighted by Gasteiger charge is 2.33. The fraction of sp³-hybridized carbons (Fsp3) is 0.421. The van der Waals surface area contributed by atoms with Gasteiger partial charge < -0.3 is 9.73 Å². The van der Waals surface area contributed by atoms with Gasteiger partial charge in [0.1, 0.15) is 11.6 Å². The topological polar surface area (TPSA) is 79.6 Å². The largest absolute Gasteiger partial charge is 0.468 e. The van der Waals surface area contributed by atoms with Crippen LogP contribution in [0.5, 0.6) is 0 Å².